The summed E-state index contributed by atoms with van der Waals surface area (Å²) in [6.07, 6.45) is 2.77. The molecule has 0 saturated heterocycles. The SMILES string of the molecule is CCC(N)C(c1ccc(C)s1)n1cc(Cl)c(C)n1. The first-order valence-electron chi connectivity index (χ1n) is 6.06. The summed E-state index contributed by atoms with van der Waals surface area (Å²) in [6.45, 7) is 6.10. The molecule has 2 rings (SSSR count). The molecular formula is C13H18ClN3S. The quantitative estimate of drug-likeness (QED) is 0.933. The minimum atomic E-state index is 0.0402. The van der Waals surface area contributed by atoms with Gasteiger partial charge in [0.1, 0.15) is 6.04 Å². The third-order valence-electron chi connectivity index (χ3n) is 3.07. The van der Waals surface area contributed by atoms with Crippen molar-refractivity contribution in [2.75, 3.05) is 0 Å². The van der Waals surface area contributed by atoms with Gasteiger partial charge in [0.15, 0.2) is 0 Å². The normalized spacial score (nSPS) is 14.7. The first-order valence-corrected chi connectivity index (χ1v) is 7.25. The maximum absolute atomic E-state index is 6.25. The molecule has 98 valence electrons. The lowest BCUT2D eigenvalue weighted by atomic mass is 10.1. The van der Waals surface area contributed by atoms with Crippen molar-refractivity contribution in [3.05, 3.63) is 38.8 Å². The zero-order valence-electron chi connectivity index (χ0n) is 10.9. The Morgan fingerprint density at radius 1 is 1.44 bits per heavy atom. The van der Waals surface area contributed by atoms with Gasteiger partial charge in [0.05, 0.1) is 10.7 Å². The van der Waals surface area contributed by atoms with Crippen LogP contribution in [-0.4, -0.2) is 15.8 Å². The van der Waals surface area contributed by atoms with E-state index in [9.17, 15) is 0 Å². The van der Waals surface area contributed by atoms with Gasteiger partial charge in [-0.15, -0.1) is 11.3 Å². The van der Waals surface area contributed by atoms with Gasteiger partial charge < -0.3 is 5.73 Å². The van der Waals surface area contributed by atoms with Crippen molar-refractivity contribution < 1.29 is 0 Å². The van der Waals surface area contributed by atoms with Crippen molar-refractivity contribution in [2.24, 2.45) is 5.73 Å². The van der Waals surface area contributed by atoms with E-state index in [1.165, 1.54) is 9.75 Å². The van der Waals surface area contributed by atoms with Crippen LogP contribution in [0.4, 0.5) is 0 Å². The lowest BCUT2D eigenvalue weighted by molar-refractivity contribution is 0.428. The average molecular weight is 284 g/mol. The average Bonchev–Trinajstić information content (AvgIpc) is 2.87. The van der Waals surface area contributed by atoms with E-state index in [1.807, 2.05) is 17.8 Å². The zero-order valence-corrected chi connectivity index (χ0v) is 12.4. The van der Waals surface area contributed by atoms with Gasteiger partial charge in [-0.1, -0.05) is 18.5 Å². The van der Waals surface area contributed by atoms with Gasteiger partial charge in [0.2, 0.25) is 0 Å². The Balaban J connectivity index is 2.42. The van der Waals surface area contributed by atoms with Crippen LogP contribution in [0.25, 0.3) is 0 Å². The molecule has 2 atom stereocenters. The highest BCUT2D eigenvalue weighted by Gasteiger charge is 2.23. The van der Waals surface area contributed by atoms with E-state index in [1.54, 1.807) is 11.3 Å². The number of aromatic nitrogens is 2. The maximum atomic E-state index is 6.25. The highest BCUT2D eigenvalue weighted by Crippen LogP contribution is 2.30. The summed E-state index contributed by atoms with van der Waals surface area (Å²) < 4.78 is 1.90. The molecule has 3 nitrogen and oxygen atoms in total. The second kappa shape index (κ2) is 5.43. The Hall–Kier alpha value is -0.840. The van der Waals surface area contributed by atoms with Crippen LogP contribution in [0, 0.1) is 13.8 Å². The van der Waals surface area contributed by atoms with Crippen LogP contribution in [0.2, 0.25) is 5.02 Å². The second-order valence-corrected chi connectivity index (χ2v) is 6.23. The fourth-order valence-corrected chi connectivity index (χ4v) is 3.16. The van der Waals surface area contributed by atoms with E-state index in [0.29, 0.717) is 5.02 Å². The largest absolute Gasteiger partial charge is 0.326 e. The summed E-state index contributed by atoms with van der Waals surface area (Å²) in [5.41, 5.74) is 7.10. The summed E-state index contributed by atoms with van der Waals surface area (Å²) in [7, 11) is 0. The predicted molar refractivity (Wildman–Crippen MR) is 77.4 cm³/mol. The number of hydrogen-bond acceptors (Lipinski definition) is 3. The molecule has 0 aliphatic carbocycles. The van der Waals surface area contributed by atoms with Crippen molar-refractivity contribution >= 4 is 22.9 Å². The molecule has 18 heavy (non-hydrogen) atoms. The first kappa shape index (κ1) is 13.6. The Morgan fingerprint density at radius 3 is 2.61 bits per heavy atom. The maximum Gasteiger partial charge on any atom is 0.101 e. The van der Waals surface area contributed by atoms with E-state index in [-0.39, 0.29) is 12.1 Å². The van der Waals surface area contributed by atoms with Gasteiger partial charge in [-0.25, -0.2) is 0 Å². The van der Waals surface area contributed by atoms with Gasteiger partial charge in [0, 0.05) is 22.0 Å². The highest BCUT2D eigenvalue weighted by molar-refractivity contribution is 7.12. The third kappa shape index (κ3) is 2.60. The summed E-state index contributed by atoms with van der Waals surface area (Å²) in [6, 6.07) is 4.36. The van der Waals surface area contributed by atoms with Crippen LogP contribution in [0.1, 0.15) is 34.8 Å². The molecule has 0 saturated carbocycles. The number of rotatable bonds is 4. The molecule has 0 aromatic carbocycles. The highest BCUT2D eigenvalue weighted by atomic mass is 35.5. The summed E-state index contributed by atoms with van der Waals surface area (Å²) in [5, 5.41) is 5.17. The molecule has 0 spiro atoms. The van der Waals surface area contributed by atoms with E-state index >= 15 is 0 Å². The molecule has 0 radical (unpaired) electrons. The van der Waals surface area contributed by atoms with E-state index in [4.69, 9.17) is 17.3 Å². The van der Waals surface area contributed by atoms with Crippen LogP contribution < -0.4 is 5.73 Å². The van der Waals surface area contributed by atoms with Gasteiger partial charge >= 0.3 is 0 Å². The van der Waals surface area contributed by atoms with Crippen LogP contribution in [0.5, 0.6) is 0 Å². The number of nitrogens with two attached hydrogens (primary N) is 1. The van der Waals surface area contributed by atoms with Crippen LogP contribution >= 0.6 is 22.9 Å². The molecule has 0 bridgehead atoms. The number of thiophene rings is 1. The predicted octanol–water partition coefficient (Wildman–Crippen LogP) is 3.54. The van der Waals surface area contributed by atoms with Crippen molar-refractivity contribution in [2.45, 2.75) is 39.3 Å². The molecule has 2 unspecified atom stereocenters. The fraction of sp³-hybridized carbons (Fsp3) is 0.462. The van der Waals surface area contributed by atoms with Gasteiger partial charge in [-0.2, -0.15) is 5.10 Å². The van der Waals surface area contributed by atoms with Crippen molar-refractivity contribution in [1.82, 2.24) is 9.78 Å². The molecule has 0 aliphatic heterocycles. The number of aryl methyl sites for hydroxylation is 2. The molecule has 0 aliphatic rings. The van der Waals surface area contributed by atoms with Crippen LogP contribution in [0.15, 0.2) is 18.3 Å². The fourth-order valence-electron chi connectivity index (χ4n) is 1.98. The monoisotopic (exact) mass is 283 g/mol. The Morgan fingerprint density at radius 2 is 2.17 bits per heavy atom. The first-order chi connectivity index (χ1) is 8.52. The van der Waals surface area contributed by atoms with E-state index < -0.39 is 0 Å². The molecule has 2 aromatic rings. The lowest BCUT2D eigenvalue weighted by Gasteiger charge is -2.22. The van der Waals surface area contributed by atoms with Crippen molar-refractivity contribution in [3.63, 3.8) is 0 Å². The second-order valence-electron chi connectivity index (χ2n) is 4.51. The lowest BCUT2D eigenvalue weighted by Crippen LogP contribution is -2.32. The topological polar surface area (TPSA) is 43.8 Å². The molecule has 2 aromatic heterocycles. The number of nitrogens with zero attached hydrogens (tertiary/aromatic N) is 2. The molecule has 5 heteroatoms. The summed E-state index contributed by atoms with van der Waals surface area (Å²) in [5.74, 6) is 0. The molecule has 2 heterocycles. The molecule has 0 fully saturated rings. The smallest absolute Gasteiger partial charge is 0.101 e. The minimum absolute atomic E-state index is 0.0402. The van der Waals surface area contributed by atoms with Crippen LogP contribution in [0.3, 0.4) is 0 Å². The van der Waals surface area contributed by atoms with Crippen LogP contribution in [-0.2, 0) is 0 Å². The van der Waals surface area contributed by atoms with Crippen molar-refractivity contribution in [3.8, 4) is 0 Å². The Bertz CT molecular complexity index is 513. The van der Waals surface area contributed by atoms with Gasteiger partial charge in [-0.3, -0.25) is 4.68 Å². The zero-order chi connectivity index (χ0) is 13.3. The number of halogens is 1. The van der Waals surface area contributed by atoms with E-state index in [2.05, 4.69) is 31.1 Å². The van der Waals surface area contributed by atoms with Gasteiger partial charge in [-0.05, 0) is 32.4 Å². The molecular weight excluding hydrogens is 266 g/mol. The Labute approximate surface area is 117 Å². The third-order valence-corrected chi connectivity index (χ3v) is 4.51. The van der Waals surface area contributed by atoms with Gasteiger partial charge in [0.25, 0.3) is 0 Å². The standard InChI is InChI=1S/C13H18ClN3S/c1-4-11(15)13(12-6-5-8(2)18-12)17-7-10(14)9(3)16-17/h5-7,11,13H,4,15H2,1-3H3. The van der Waals surface area contributed by atoms with E-state index in [0.717, 1.165) is 12.1 Å². The molecule has 2 N–H and O–H groups in total. The summed E-state index contributed by atoms with van der Waals surface area (Å²) in [4.78, 5) is 2.52. The molecule has 0 amide bonds. The minimum Gasteiger partial charge on any atom is -0.326 e. The number of hydrogen-bond donors (Lipinski definition) is 1. The van der Waals surface area contributed by atoms with Crippen molar-refractivity contribution in [1.29, 1.82) is 0 Å². The summed E-state index contributed by atoms with van der Waals surface area (Å²) >= 11 is 7.86. The Kier molecular flexibility index (Phi) is 4.10.